The van der Waals surface area contributed by atoms with Gasteiger partial charge in [0.2, 0.25) is 0 Å². The van der Waals surface area contributed by atoms with Crippen molar-refractivity contribution in [1.82, 2.24) is 9.97 Å². The maximum absolute atomic E-state index is 11.9. The Hall–Kier alpha value is -3.08. The average Bonchev–Trinajstić information content (AvgIpc) is 2.54. The fourth-order valence-corrected chi connectivity index (χ4v) is 2.29. The number of nitrogens with zero attached hydrogens (tertiary/aromatic N) is 1. The molecule has 0 aliphatic heterocycles. The first kappa shape index (κ1) is 14.8. The smallest absolute Gasteiger partial charge is 0.251 e. The summed E-state index contributed by atoms with van der Waals surface area (Å²) in [6, 6.07) is 16.4. The second-order valence-electron chi connectivity index (χ2n) is 5.26. The molecular weight excluding hydrogens is 290 g/mol. The predicted molar refractivity (Wildman–Crippen MR) is 90.2 cm³/mol. The van der Waals surface area contributed by atoms with E-state index in [1.54, 1.807) is 12.1 Å². The SMILES string of the molecule is Cc1ccccc1OCc1nc(-c2cccc(N)c2)cc(=O)[nH]1. The van der Waals surface area contributed by atoms with Crippen molar-refractivity contribution >= 4 is 5.69 Å². The molecule has 1 heterocycles. The summed E-state index contributed by atoms with van der Waals surface area (Å²) >= 11 is 0. The van der Waals surface area contributed by atoms with Crippen LogP contribution in [0.5, 0.6) is 5.75 Å². The summed E-state index contributed by atoms with van der Waals surface area (Å²) in [4.78, 5) is 19.0. The Kier molecular flexibility index (Phi) is 4.10. The number of para-hydroxylation sites is 1. The van der Waals surface area contributed by atoms with Crippen LogP contribution in [0.25, 0.3) is 11.3 Å². The molecule has 0 saturated heterocycles. The van der Waals surface area contributed by atoms with E-state index in [2.05, 4.69) is 9.97 Å². The van der Waals surface area contributed by atoms with Crippen molar-refractivity contribution in [3.8, 4) is 17.0 Å². The maximum Gasteiger partial charge on any atom is 0.251 e. The topological polar surface area (TPSA) is 81.0 Å². The van der Waals surface area contributed by atoms with Gasteiger partial charge in [0.15, 0.2) is 0 Å². The van der Waals surface area contributed by atoms with Crippen LogP contribution in [0.1, 0.15) is 11.4 Å². The number of nitrogens with two attached hydrogens (primary N) is 1. The zero-order chi connectivity index (χ0) is 16.2. The number of anilines is 1. The molecule has 116 valence electrons. The van der Waals surface area contributed by atoms with Gasteiger partial charge >= 0.3 is 0 Å². The van der Waals surface area contributed by atoms with E-state index in [9.17, 15) is 4.79 Å². The zero-order valence-electron chi connectivity index (χ0n) is 12.7. The molecule has 0 saturated carbocycles. The van der Waals surface area contributed by atoms with Crippen LogP contribution < -0.4 is 16.0 Å². The highest BCUT2D eigenvalue weighted by Crippen LogP contribution is 2.19. The molecule has 3 rings (SSSR count). The summed E-state index contributed by atoms with van der Waals surface area (Å²) in [5.74, 6) is 1.24. The molecule has 0 atom stereocenters. The molecule has 2 aromatic carbocycles. The van der Waals surface area contributed by atoms with Gasteiger partial charge in [-0.25, -0.2) is 4.98 Å². The van der Waals surface area contributed by atoms with Crippen LogP contribution in [-0.4, -0.2) is 9.97 Å². The van der Waals surface area contributed by atoms with Crippen molar-refractivity contribution in [2.45, 2.75) is 13.5 Å². The standard InChI is InChI=1S/C18H17N3O2/c1-12-5-2-3-8-16(12)23-11-17-20-15(10-18(22)21-17)13-6-4-7-14(19)9-13/h2-10H,11,19H2,1H3,(H,20,21,22). The number of aryl methyl sites for hydroxylation is 1. The monoisotopic (exact) mass is 307 g/mol. The van der Waals surface area contributed by atoms with Gasteiger partial charge in [-0.15, -0.1) is 0 Å². The lowest BCUT2D eigenvalue weighted by molar-refractivity contribution is 0.293. The average molecular weight is 307 g/mol. The highest BCUT2D eigenvalue weighted by molar-refractivity contribution is 5.63. The van der Waals surface area contributed by atoms with Gasteiger partial charge in [0.05, 0.1) is 5.69 Å². The number of hydrogen-bond donors (Lipinski definition) is 2. The van der Waals surface area contributed by atoms with Crippen LogP contribution in [0.4, 0.5) is 5.69 Å². The van der Waals surface area contributed by atoms with Crippen LogP contribution in [0, 0.1) is 6.92 Å². The Balaban J connectivity index is 1.86. The molecule has 0 fully saturated rings. The van der Waals surface area contributed by atoms with Gasteiger partial charge < -0.3 is 15.5 Å². The number of nitrogen functional groups attached to an aromatic ring is 1. The molecule has 0 aliphatic carbocycles. The summed E-state index contributed by atoms with van der Waals surface area (Å²) in [6.07, 6.45) is 0. The minimum Gasteiger partial charge on any atom is -0.485 e. The van der Waals surface area contributed by atoms with E-state index in [-0.39, 0.29) is 12.2 Å². The Bertz CT molecular complexity index is 887. The summed E-state index contributed by atoms with van der Waals surface area (Å²) in [5, 5.41) is 0. The third kappa shape index (κ3) is 3.58. The minimum absolute atomic E-state index is 0.191. The van der Waals surface area contributed by atoms with E-state index in [0.29, 0.717) is 17.2 Å². The largest absolute Gasteiger partial charge is 0.485 e. The third-order valence-corrected chi connectivity index (χ3v) is 3.43. The van der Waals surface area contributed by atoms with Crippen molar-refractivity contribution < 1.29 is 4.74 Å². The molecule has 0 aliphatic rings. The van der Waals surface area contributed by atoms with Crippen molar-refractivity contribution in [2.24, 2.45) is 0 Å². The van der Waals surface area contributed by atoms with E-state index >= 15 is 0 Å². The lowest BCUT2D eigenvalue weighted by atomic mass is 10.1. The number of H-pyrrole nitrogens is 1. The second kappa shape index (κ2) is 6.36. The first-order chi connectivity index (χ1) is 11.1. The predicted octanol–water partition coefficient (Wildman–Crippen LogP) is 2.91. The first-order valence-corrected chi connectivity index (χ1v) is 7.26. The van der Waals surface area contributed by atoms with Crippen molar-refractivity contribution in [3.05, 3.63) is 76.3 Å². The lowest BCUT2D eigenvalue weighted by Gasteiger charge is -2.09. The van der Waals surface area contributed by atoms with Crippen LogP contribution in [0.3, 0.4) is 0 Å². The molecule has 23 heavy (non-hydrogen) atoms. The maximum atomic E-state index is 11.9. The third-order valence-electron chi connectivity index (χ3n) is 3.43. The number of benzene rings is 2. The van der Waals surface area contributed by atoms with E-state index in [1.807, 2.05) is 43.3 Å². The second-order valence-corrected chi connectivity index (χ2v) is 5.26. The molecule has 0 radical (unpaired) electrons. The summed E-state index contributed by atoms with van der Waals surface area (Å²) in [6.45, 7) is 2.16. The lowest BCUT2D eigenvalue weighted by Crippen LogP contribution is -2.13. The first-order valence-electron chi connectivity index (χ1n) is 7.26. The molecule has 1 aromatic heterocycles. The van der Waals surface area contributed by atoms with Gasteiger partial charge in [0.1, 0.15) is 18.2 Å². The number of hydrogen-bond acceptors (Lipinski definition) is 4. The molecule has 3 N–H and O–H groups in total. The van der Waals surface area contributed by atoms with Gasteiger partial charge in [0.25, 0.3) is 5.56 Å². The summed E-state index contributed by atoms with van der Waals surface area (Å²) in [7, 11) is 0. The molecule has 0 spiro atoms. The quantitative estimate of drug-likeness (QED) is 0.726. The fraction of sp³-hybridized carbons (Fsp3) is 0.111. The Morgan fingerprint density at radius 2 is 1.96 bits per heavy atom. The normalized spacial score (nSPS) is 10.5. The Labute approximate surface area is 133 Å². The van der Waals surface area contributed by atoms with Crippen molar-refractivity contribution in [1.29, 1.82) is 0 Å². The van der Waals surface area contributed by atoms with Crippen LogP contribution in [0.2, 0.25) is 0 Å². The zero-order valence-corrected chi connectivity index (χ0v) is 12.7. The van der Waals surface area contributed by atoms with E-state index in [4.69, 9.17) is 10.5 Å². The molecule has 0 amide bonds. The number of aromatic amines is 1. The highest BCUT2D eigenvalue weighted by atomic mass is 16.5. The Morgan fingerprint density at radius 1 is 1.13 bits per heavy atom. The van der Waals surface area contributed by atoms with Crippen molar-refractivity contribution in [2.75, 3.05) is 5.73 Å². The number of rotatable bonds is 4. The van der Waals surface area contributed by atoms with E-state index in [1.165, 1.54) is 6.07 Å². The highest BCUT2D eigenvalue weighted by Gasteiger charge is 2.06. The van der Waals surface area contributed by atoms with Crippen LogP contribution in [0.15, 0.2) is 59.4 Å². The number of ether oxygens (including phenoxy) is 1. The molecule has 3 aromatic rings. The van der Waals surface area contributed by atoms with Gasteiger partial charge in [-0.3, -0.25) is 4.79 Å². The van der Waals surface area contributed by atoms with E-state index in [0.717, 1.165) is 16.9 Å². The van der Waals surface area contributed by atoms with E-state index < -0.39 is 0 Å². The molecular formula is C18H17N3O2. The fourth-order valence-electron chi connectivity index (χ4n) is 2.29. The molecule has 0 bridgehead atoms. The summed E-state index contributed by atoms with van der Waals surface area (Å²) < 4.78 is 5.74. The molecule has 5 heteroatoms. The Morgan fingerprint density at radius 3 is 2.74 bits per heavy atom. The van der Waals surface area contributed by atoms with Gasteiger partial charge in [0, 0.05) is 17.3 Å². The molecule has 5 nitrogen and oxygen atoms in total. The van der Waals surface area contributed by atoms with Gasteiger partial charge in [-0.05, 0) is 30.7 Å². The number of nitrogens with one attached hydrogen (secondary N) is 1. The van der Waals surface area contributed by atoms with Crippen LogP contribution >= 0.6 is 0 Å². The number of aromatic nitrogens is 2. The van der Waals surface area contributed by atoms with Crippen LogP contribution in [-0.2, 0) is 6.61 Å². The van der Waals surface area contributed by atoms with Gasteiger partial charge in [-0.2, -0.15) is 0 Å². The molecule has 0 unspecified atom stereocenters. The van der Waals surface area contributed by atoms with Crippen molar-refractivity contribution in [3.63, 3.8) is 0 Å². The van der Waals surface area contributed by atoms with Gasteiger partial charge in [-0.1, -0.05) is 30.3 Å². The minimum atomic E-state index is -0.221. The summed E-state index contributed by atoms with van der Waals surface area (Å²) in [5.41, 5.74) is 8.59.